The topological polar surface area (TPSA) is 55.2 Å². The molecule has 3 aromatic rings. The van der Waals surface area contributed by atoms with Crippen molar-refractivity contribution < 1.29 is 9.84 Å². The molecule has 0 fully saturated rings. The molecule has 1 N–H and O–H groups in total. The summed E-state index contributed by atoms with van der Waals surface area (Å²) in [6.45, 7) is 4.48. The highest BCUT2D eigenvalue weighted by Gasteiger charge is 2.06. The van der Waals surface area contributed by atoms with Crippen molar-refractivity contribution in [1.29, 1.82) is 0 Å². The van der Waals surface area contributed by atoms with E-state index >= 15 is 0 Å². The number of hydrogen-bond donors (Lipinski definition) is 1. The molecule has 0 aliphatic carbocycles. The van der Waals surface area contributed by atoms with E-state index in [1.807, 2.05) is 24.4 Å². The van der Waals surface area contributed by atoms with E-state index in [0.717, 1.165) is 54.7 Å². The molecule has 0 saturated heterocycles. The van der Waals surface area contributed by atoms with Crippen LogP contribution in [0.25, 0.3) is 11.3 Å². The van der Waals surface area contributed by atoms with Crippen molar-refractivity contribution in [2.75, 3.05) is 7.11 Å². The number of phenols is 1. The Kier molecular flexibility index (Phi) is 7.23. The molecule has 0 radical (unpaired) electrons. The van der Waals surface area contributed by atoms with Crippen molar-refractivity contribution in [1.82, 2.24) is 9.97 Å². The summed E-state index contributed by atoms with van der Waals surface area (Å²) in [5.41, 5.74) is 4.64. The number of aromatic hydroxyl groups is 1. The van der Waals surface area contributed by atoms with E-state index in [4.69, 9.17) is 9.72 Å². The van der Waals surface area contributed by atoms with Crippen LogP contribution in [0.4, 0.5) is 0 Å². The fourth-order valence-corrected chi connectivity index (χ4v) is 3.45. The van der Waals surface area contributed by atoms with Crippen LogP contribution in [0.1, 0.15) is 43.6 Å². The van der Waals surface area contributed by atoms with Crippen molar-refractivity contribution in [2.45, 2.75) is 46.0 Å². The lowest BCUT2D eigenvalue weighted by atomic mass is 10.0. The van der Waals surface area contributed by atoms with Crippen molar-refractivity contribution in [3.8, 4) is 22.8 Å². The molecule has 0 aliphatic heterocycles. The smallest absolute Gasteiger partial charge is 0.160 e. The van der Waals surface area contributed by atoms with E-state index in [1.165, 1.54) is 5.56 Å². The molecular weight excluding hydrogens is 360 g/mol. The Balaban J connectivity index is 1.55. The Morgan fingerprint density at radius 3 is 2.38 bits per heavy atom. The standard InChI is InChI=1S/C25H30N2O2/c1-18(2)16-20-8-11-21(12-9-20)22-14-15-26-25(27-22)7-5-4-6-19-10-13-23(28)24(17-19)29-3/h8-15,17-18,28H,4-7,16H2,1-3H3. The van der Waals surface area contributed by atoms with Gasteiger partial charge in [-0.2, -0.15) is 0 Å². The number of aryl methyl sites for hydroxylation is 2. The quantitative estimate of drug-likeness (QED) is 0.482. The van der Waals surface area contributed by atoms with E-state index in [0.29, 0.717) is 11.7 Å². The molecule has 0 amide bonds. The van der Waals surface area contributed by atoms with Gasteiger partial charge in [-0.3, -0.25) is 0 Å². The van der Waals surface area contributed by atoms with Crippen LogP contribution < -0.4 is 4.74 Å². The number of benzene rings is 2. The van der Waals surface area contributed by atoms with Gasteiger partial charge in [-0.15, -0.1) is 0 Å². The summed E-state index contributed by atoms with van der Waals surface area (Å²) in [6, 6.07) is 16.2. The Labute approximate surface area is 173 Å². The Morgan fingerprint density at radius 2 is 1.66 bits per heavy atom. The first kappa shape index (κ1) is 20.8. The maximum atomic E-state index is 9.69. The first-order chi connectivity index (χ1) is 14.0. The van der Waals surface area contributed by atoms with E-state index < -0.39 is 0 Å². The lowest BCUT2D eigenvalue weighted by Gasteiger charge is -2.08. The lowest BCUT2D eigenvalue weighted by Crippen LogP contribution is -1.98. The zero-order valence-electron chi connectivity index (χ0n) is 17.6. The normalized spacial score (nSPS) is 11.0. The molecule has 1 aromatic heterocycles. The minimum absolute atomic E-state index is 0.179. The third kappa shape index (κ3) is 6.05. The molecule has 4 heteroatoms. The highest BCUT2D eigenvalue weighted by Crippen LogP contribution is 2.27. The Hall–Kier alpha value is -2.88. The zero-order chi connectivity index (χ0) is 20.6. The fraction of sp³-hybridized carbons (Fsp3) is 0.360. The van der Waals surface area contributed by atoms with Crippen LogP contribution >= 0.6 is 0 Å². The molecule has 0 spiro atoms. The molecule has 0 bridgehead atoms. The number of ether oxygens (including phenoxy) is 1. The van der Waals surface area contributed by atoms with Crippen LogP contribution in [0.2, 0.25) is 0 Å². The van der Waals surface area contributed by atoms with Gasteiger partial charge in [-0.05, 0) is 60.9 Å². The third-order valence-electron chi connectivity index (χ3n) is 4.96. The number of aromatic nitrogens is 2. The van der Waals surface area contributed by atoms with Gasteiger partial charge in [0.15, 0.2) is 11.5 Å². The zero-order valence-corrected chi connectivity index (χ0v) is 17.6. The second kappa shape index (κ2) is 10.1. The SMILES string of the molecule is COc1cc(CCCCc2nccc(-c3ccc(CC(C)C)cc3)n2)ccc1O. The summed E-state index contributed by atoms with van der Waals surface area (Å²) in [5, 5.41) is 9.69. The first-order valence-corrected chi connectivity index (χ1v) is 10.3. The molecule has 1 heterocycles. The maximum Gasteiger partial charge on any atom is 0.160 e. The maximum absolute atomic E-state index is 9.69. The van der Waals surface area contributed by atoms with Gasteiger partial charge in [0.05, 0.1) is 12.8 Å². The minimum atomic E-state index is 0.179. The summed E-state index contributed by atoms with van der Waals surface area (Å²) in [7, 11) is 1.57. The van der Waals surface area contributed by atoms with Crippen molar-refractivity contribution in [3.05, 3.63) is 71.7 Å². The van der Waals surface area contributed by atoms with Gasteiger partial charge < -0.3 is 9.84 Å². The molecule has 0 aliphatic rings. The molecule has 0 unspecified atom stereocenters. The van der Waals surface area contributed by atoms with Gasteiger partial charge in [-0.1, -0.05) is 44.2 Å². The van der Waals surface area contributed by atoms with Crippen LogP contribution in [-0.2, 0) is 19.3 Å². The predicted octanol–water partition coefficient (Wildman–Crippen LogP) is 5.62. The molecule has 152 valence electrons. The average Bonchev–Trinajstić information content (AvgIpc) is 2.72. The predicted molar refractivity (Wildman–Crippen MR) is 117 cm³/mol. The number of nitrogens with zero attached hydrogens (tertiary/aromatic N) is 2. The van der Waals surface area contributed by atoms with Crippen LogP contribution in [0.5, 0.6) is 11.5 Å². The highest BCUT2D eigenvalue weighted by atomic mass is 16.5. The van der Waals surface area contributed by atoms with E-state index in [2.05, 4.69) is 43.1 Å². The molecule has 0 saturated carbocycles. The summed E-state index contributed by atoms with van der Waals surface area (Å²) in [6.07, 6.45) is 6.79. The summed E-state index contributed by atoms with van der Waals surface area (Å²) >= 11 is 0. The third-order valence-corrected chi connectivity index (χ3v) is 4.96. The Bertz CT molecular complexity index is 920. The molecule has 4 nitrogen and oxygen atoms in total. The largest absolute Gasteiger partial charge is 0.504 e. The average molecular weight is 391 g/mol. The number of methoxy groups -OCH3 is 1. The van der Waals surface area contributed by atoms with E-state index in [-0.39, 0.29) is 5.75 Å². The van der Waals surface area contributed by atoms with Crippen molar-refractivity contribution >= 4 is 0 Å². The summed E-state index contributed by atoms with van der Waals surface area (Å²) < 4.78 is 5.17. The van der Waals surface area contributed by atoms with Gasteiger partial charge in [0.2, 0.25) is 0 Å². The summed E-state index contributed by atoms with van der Waals surface area (Å²) in [5.74, 6) is 2.25. The van der Waals surface area contributed by atoms with Crippen molar-refractivity contribution in [3.63, 3.8) is 0 Å². The van der Waals surface area contributed by atoms with Gasteiger partial charge in [0.25, 0.3) is 0 Å². The monoisotopic (exact) mass is 390 g/mol. The highest BCUT2D eigenvalue weighted by molar-refractivity contribution is 5.59. The van der Waals surface area contributed by atoms with Gasteiger partial charge in [-0.25, -0.2) is 9.97 Å². The van der Waals surface area contributed by atoms with Crippen LogP contribution in [0.3, 0.4) is 0 Å². The molecular formula is C25H30N2O2. The van der Waals surface area contributed by atoms with Crippen LogP contribution in [0.15, 0.2) is 54.7 Å². The minimum Gasteiger partial charge on any atom is -0.504 e. The van der Waals surface area contributed by atoms with Crippen LogP contribution in [-0.4, -0.2) is 22.2 Å². The number of unbranched alkanes of at least 4 members (excludes halogenated alkanes) is 1. The number of hydrogen-bond acceptors (Lipinski definition) is 4. The fourth-order valence-electron chi connectivity index (χ4n) is 3.45. The van der Waals surface area contributed by atoms with Crippen molar-refractivity contribution in [2.24, 2.45) is 5.92 Å². The van der Waals surface area contributed by atoms with E-state index in [1.54, 1.807) is 13.2 Å². The molecule has 0 atom stereocenters. The second-order valence-corrected chi connectivity index (χ2v) is 7.87. The number of rotatable bonds is 9. The molecule has 2 aromatic carbocycles. The number of phenolic OH excluding ortho intramolecular Hbond substituents is 1. The van der Waals surface area contributed by atoms with Gasteiger partial charge in [0.1, 0.15) is 5.82 Å². The van der Waals surface area contributed by atoms with Gasteiger partial charge in [0, 0.05) is 18.2 Å². The molecule has 29 heavy (non-hydrogen) atoms. The molecule has 3 rings (SSSR count). The Morgan fingerprint density at radius 1 is 0.931 bits per heavy atom. The first-order valence-electron chi connectivity index (χ1n) is 10.3. The van der Waals surface area contributed by atoms with Crippen LogP contribution in [0, 0.1) is 5.92 Å². The van der Waals surface area contributed by atoms with E-state index in [9.17, 15) is 5.11 Å². The van der Waals surface area contributed by atoms with Gasteiger partial charge >= 0.3 is 0 Å². The summed E-state index contributed by atoms with van der Waals surface area (Å²) in [4.78, 5) is 9.19. The second-order valence-electron chi connectivity index (χ2n) is 7.87. The lowest BCUT2D eigenvalue weighted by molar-refractivity contribution is 0.373.